The predicted octanol–water partition coefficient (Wildman–Crippen LogP) is 3.42. The number of aryl methyl sites for hydroxylation is 1. The number of rotatable bonds is 7. The fourth-order valence-corrected chi connectivity index (χ4v) is 2.04. The van der Waals surface area contributed by atoms with Crippen molar-refractivity contribution in [1.29, 1.82) is 0 Å². The number of nitrogens with one attached hydrogen (secondary N) is 1. The highest BCUT2D eigenvalue weighted by molar-refractivity contribution is 5.91. The molecule has 0 aromatic heterocycles. The zero-order valence-corrected chi connectivity index (χ0v) is 14.0. The molecule has 0 aliphatic rings. The lowest BCUT2D eigenvalue weighted by Gasteiger charge is -2.34. The van der Waals surface area contributed by atoms with Gasteiger partial charge in [-0.05, 0) is 64.9 Å². The maximum Gasteiger partial charge on any atom is 0.224 e. The van der Waals surface area contributed by atoms with Gasteiger partial charge in [-0.15, -0.1) is 0 Å². The van der Waals surface area contributed by atoms with E-state index in [2.05, 4.69) is 38.0 Å². The highest BCUT2D eigenvalue weighted by Gasteiger charge is 2.20. The van der Waals surface area contributed by atoms with E-state index in [0.717, 1.165) is 30.6 Å². The molecule has 0 radical (unpaired) electrons. The summed E-state index contributed by atoms with van der Waals surface area (Å²) in [7, 11) is 2.11. The van der Waals surface area contributed by atoms with Gasteiger partial charge in [0.15, 0.2) is 0 Å². The van der Waals surface area contributed by atoms with E-state index in [1.54, 1.807) is 6.07 Å². The zero-order chi connectivity index (χ0) is 16.0. The molecule has 0 bridgehead atoms. The summed E-state index contributed by atoms with van der Waals surface area (Å²) in [5.41, 5.74) is 8.43. The van der Waals surface area contributed by atoms with Gasteiger partial charge in [0.25, 0.3) is 0 Å². The molecule has 0 heterocycles. The van der Waals surface area contributed by atoms with Gasteiger partial charge < -0.3 is 16.0 Å². The SMILES string of the molecule is CCC(C)(C)N(C)CCCC(=O)Nc1cc(N)ccc1C. The fraction of sp³-hybridized carbons (Fsp3) is 0.588. The molecule has 0 saturated carbocycles. The van der Waals surface area contributed by atoms with E-state index in [-0.39, 0.29) is 11.4 Å². The van der Waals surface area contributed by atoms with Gasteiger partial charge in [0.2, 0.25) is 5.91 Å². The van der Waals surface area contributed by atoms with Crippen molar-refractivity contribution in [3.05, 3.63) is 23.8 Å². The van der Waals surface area contributed by atoms with Crippen molar-refractivity contribution in [2.45, 2.75) is 52.5 Å². The summed E-state index contributed by atoms with van der Waals surface area (Å²) in [4.78, 5) is 14.3. The number of hydrogen-bond donors (Lipinski definition) is 2. The van der Waals surface area contributed by atoms with Gasteiger partial charge in [-0.3, -0.25) is 4.79 Å². The molecule has 21 heavy (non-hydrogen) atoms. The first kappa shape index (κ1) is 17.5. The van der Waals surface area contributed by atoms with Crippen molar-refractivity contribution in [3.63, 3.8) is 0 Å². The van der Waals surface area contributed by atoms with Crippen molar-refractivity contribution in [3.8, 4) is 0 Å². The van der Waals surface area contributed by atoms with Gasteiger partial charge in [-0.1, -0.05) is 13.0 Å². The molecule has 0 spiro atoms. The normalized spacial score (nSPS) is 11.7. The largest absolute Gasteiger partial charge is 0.399 e. The number of nitrogen functional groups attached to an aromatic ring is 1. The minimum atomic E-state index is 0.0476. The molecule has 1 amide bonds. The molecule has 0 saturated heterocycles. The molecule has 1 rings (SSSR count). The standard InChI is InChI=1S/C17H29N3O/c1-6-17(3,4)20(5)11-7-8-16(21)19-15-12-14(18)10-9-13(15)2/h9-10,12H,6-8,11,18H2,1-5H3,(H,19,21). The van der Waals surface area contributed by atoms with E-state index in [9.17, 15) is 4.79 Å². The van der Waals surface area contributed by atoms with Gasteiger partial charge in [0.1, 0.15) is 0 Å². The van der Waals surface area contributed by atoms with Crippen molar-refractivity contribution < 1.29 is 4.79 Å². The van der Waals surface area contributed by atoms with Crippen LogP contribution in [0.15, 0.2) is 18.2 Å². The number of hydrogen-bond acceptors (Lipinski definition) is 3. The first-order valence-corrected chi connectivity index (χ1v) is 7.63. The first-order valence-electron chi connectivity index (χ1n) is 7.63. The van der Waals surface area contributed by atoms with Crippen LogP contribution in [0.3, 0.4) is 0 Å². The van der Waals surface area contributed by atoms with Crippen LogP contribution in [0.5, 0.6) is 0 Å². The third kappa shape index (κ3) is 5.38. The number of benzene rings is 1. The van der Waals surface area contributed by atoms with Crippen molar-refractivity contribution >= 4 is 17.3 Å². The van der Waals surface area contributed by atoms with E-state index in [1.165, 1.54) is 0 Å². The molecule has 0 unspecified atom stereocenters. The molecule has 0 atom stereocenters. The summed E-state index contributed by atoms with van der Waals surface area (Å²) in [5.74, 6) is 0.0476. The van der Waals surface area contributed by atoms with Crippen molar-refractivity contribution in [1.82, 2.24) is 4.90 Å². The fourth-order valence-electron chi connectivity index (χ4n) is 2.04. The summed E-state index contributed by atoms with van der Waals surface area (Å²) in [5, 5.41) is 2.94. The lowest BCUT2D eigenvalue weighted by molar-refractivity contribution is -0.116. The Morgan fingerprint density at radius 2 is 2.05 bits per heavy atom. The molecule has 3 N–H and O–H groups in total. The highest BCUT2D eigenvalue weighted by atomic mass is 16.1. The van der Waals surface area contributed by atoms with Crippen molar-refractivity contribution in [2.24, 2.45) is 0 Å². The third-order valence-electron chi connectivity index (χ3n) is 4.33. The maximum absolute atomic E-state index is 12.0. The van der Waals surface area contributed by atoms with Crippen LogP contribution in [0.2, 0.25) is 0 Å². The Morgan fingerprint density at radius 1 is 1.38 bits per heavy atom. The average Bonchev–Trinajstić information content (AvgIpc) is 2.42. The third-order valence-corrected chi connectivity index (χ3v) is 4.33. The lowest BCUT2D eigenvalue weighted by Crippen LogP contribution is -2.41. The summed E-state index contributed by atoms with van der Waals surface area (Å²) in [6, 6.07) is 5.56. The molecule has 4 nitrogen and oxygen atoms in total. The van der Waals surface area contributed by atoms with E-state index in [1.807, 2.05) is 19.1 Å². The average molecular weight is 291 g/mol. The number of nitrogens with two attached hydrogens (primary N) is 1. The van der Waals surface area contributed by atoms with Gasteiger partial charge in [-0.2, -0.15) is 0 Å². The topological polar surface area (TPSA) is 58.4 Å². The minimum absolute atomic E-state index is 0.0476. The number of carbonyl (C=O) groups is 1. The Hall–Kier alpha value is -1.55. The Kier molecular flexibility index (Phi) is 6.21. The number of anilines is 2. The zero-order valence-electron chi connectivity index (χ0n) is 14.0. The molecule has 118 valence electrons. The van der Waals surface area contributed by atoms with Crippen LogP contribution >= 0.6 is 0 Å². The number of carbonyl (C=O) groups excluding carboxylic acids is 1. The van der Waals surface area contributed by atoms with Crippen LogP contribution in [0.25, 0.3) is 0 Å². The summed E-state index contributed by atoms with van der Waals surface area (Å²) in [6.07, 6.45) is 2.48. The molecule has 0 fully saturated rings. The Morgan fingerprint density at radius 3 is 2.67 bits per heavy atom. The van der Waals surface area contributed by atoms with Gasteiger partial charge in [-0.25, -0.2) is 0 Å². The number of amides is 1. The van der Waals surface area contributed by atoms with Gasteiger partial charge >= 0.3 is 0 Å². The molecular formula is C17H29N3O. The molecule has 4 heteroatoms. The molecule has 0 aliphatic carbocycles. The quantitative estimate of drug-likeness (QED) is 0.757. The van der Waals surface area contributed by atoms with Crippen LogP contribution in [0.1, 0.15) is 45.6 Å². The Labute approximate surface area is 128 Å². The smallest absolute Gasteiger partial charge is 0.224 e. The Balaban J connectivity index is 2.43. The van der Waals surface area contributed by atoms with Crippen LogP contribution in [-0.4, -0.2) is 29.9 Å². The van der Waals surface area contributed by atoms with Crippen LogP contribution in [0, 0.1) is 6.92 Å². The molecular weight excluding hydrogens is 262 g/mol. The second-order valence-electron chi connectivity index (χ2n) is 6.31. The molecule has 1 aromatic rings. The van der Waals surface area contributed by atoms with Gasteiger partial charge in [0, 0.05) is 23.3 Å². The highest BCUT2D eigenvalue weighted by Crippen LogP contribution is 2.19. The van der Waals surface area contributed by atoms with E-state index >= 15 is 0 Å². The first-order chi connectivity index (χ1) is 9.76. The summed E-state index contributed by atoms with van der Waals surface area (Å²) >= 11 is 0. The second-order valence-corrected chi connectivity index (χ2v) is 6.31. The second kappa shape index (κ2) is 7.46. The van der Waals surface area contributed by atoms with E-state index in [4.69, 9.17) is 5.73 Å². The number of nitrogens with zero attached hydrogens (tertiary/aromatic N) is 1. The van der Waals surface area contributed by atoms with Gasteiger partial charge in [0.05, 0.1) is 0 Å². The van der Waals surface area contributed by atoms with Crippen LogP contribution in [0.4, 0.5) is 11.4 Å². The molecule has 1 aromatic carbocycles. The predicted molar refractivity (Wildman–Crippen MR) is 90.5 cm³/mol. The Bertz CT molecular complexity index is 483. The minimum Gasteiger partial charge on any atom is -0.399 e. The van der Waals surface area contributed by atoms with Crippen LogP contribution < -0.4 is 11.1 Å². The van der Waals surface area contributed by atoms with Crippen LogP contribution in [-0.2, 0) is 4.79 Å². The summed E-state index contributed by atoms with van der Waals surface area (Å²) in [6.45, 7) is 9.52. The summed E-state index contributed by atoms with van der Waals surface area (Å²) < 4.78 is 0. The monoisotopic (exact) mass is 291 g/mol. The lowest BCUT2D eigenvalue weighted by atomic mass is 10.00. The molecule has 0 aliphatic heterocycles. The van der Waals surface area contributed by atoms with E-state index in [0.29, 0.717) is 12.1 Å². The van der Waals surface area contributed by atoms with E-state index < -0.39 is 0 Å². The van der Waals surface area contributed by atoms with Crippen molar-refractivity contribution in [2.75, 3.05) is 24.6 Å². The maximum atomic E-state index is 12.0.